The van der Waals surface area contributed by atoms with Crippen LogP contribution in [0.2, 0.25) is 0 Å². The van der Waals surface area contributed by atoms with Crippen LogP contribution in [0.3, 0.4) is 0 Å². The molecule has 8 nitrogen and oxygen atoms in total. The molecule has 0 bridgehead atoms. The van der Waals surface area contributed by atoms with Gasteiger partial charge in [0.2, 0.25) is 5.91 Å². The first kappa shape index (κ1) is 24.6. The molecule has 1 fully saturated rings. The lowest BCUT2D eigenvalue weighted by molar-refractivity contribution is -0.131. The van der Waals surface area contributed by atoms with Gasteiger partial charge in [-0.2, -0.15) is 4.99 Å². The second kappa shape index (κ2) is 10.3. The van der Waals surface area contributed by atoms with Crippen molar-refractivity contribution in [3.63, 3.8) is 0 Å². The van der Waals surface area contributed by atoms with Crippen LogP contribution in [0, 0.1) is 18.8 Å². The maximum Gasteiger partial charge on any atom is 0.263 e. The van der Waals surface area contributed by atoms with E-state index < -0.39 is 33.2 Å². The molecule has 3 rings (SSSR count). The average Bonchev–Trinajstić information content (AvgIpc) is 3.00. The summed E-state index contributed by atoms with van der Waals surface area (Å²) in [5, 5.41) is 0. The maximum absolute atomic E-state index is 12.6. The van der Waals surface area contributed by atoms with Gasteiger partial charge in [-0.05, 0) is 42.9 Å². The van der Waals surface area contributed by atoms with Crippen LogP contribution in [0.5, 0.6) is 0 Å². The van der Waals surface area contributed by atoms with Crippen molar-refractivity contribution in [1.82, 2.24) is 9.47 Å². The average molecular weight is 482 g/mol. The Hall–Kier alpha value is -2.04. The molecule has 1 aromatic carbocycles. The summed E-state index contributed by atoms with van der Waals surface area (Å²) >= 11 is 1.33. The minimum atomic E-state index is -3.91. The number of fused-ring (bicyclic) bond motifs is 1. The third-order valence-electron chi connectivity index (χ3n) is 5.49. The Morgan fingerprint density at radius 2 is 1.88 bits per heavy atom. The van der Waals surface area contributed by atoms with E-state index in [1.165, 1.54) is 11.3 Å². The van der Waals surface area contributed by atoms with E-state index in [-0.39, 0.29) is 0 Å². The van der Waals surface area contributed by atoms with Gasteiger partial charge in [0.15, 0.2) is 14.6 Å². The van der Waals surface area contributed by atoms with Crippen LogP contribution in [-0.2, 0) is 30.7 Å². The summed E-state index contributed by atoms with van der Waals surface area (Å²) in [7, 11) is -2.32. The number of methoxy groups -OCH3 is 1. The number of aromatic nitrogens is 1. The number of carbonyl (C=O) groups excluding carboxylic acids is 2. The molecule has 0 spiro atoms. The highest BCUT2D eigenvalue weighted by Gasteiger charge is 2.29. The Labute approximate surface area is 192 Å². The fraction of sp³-hybridized carbons (Fsp3) is 0.591. The lowest BCUT2D eigenvalue weighted by Gasteiger charge is -2.34. The molecule has 0 N–H and O–H groups in total. The Morgan fingerprint density at radius 1 is 1.19 bits per heavy atom. The molecule has 2 atom stereocenters. The number of hydrogen-bond acceptors (Lipinski definition) is 6. The van der Waals surface area contributed by atoms with E-state index in [1.54, 1.807) is 12.0 Å². The van der Waals surface area contributed by atoms with Crippen LogP contribution < -0.4 is 4.80 Å². The number of piperidine rings is 1. The SMILES string of the molecule is COCCn1c(=NC(=O)CS(=O)(=O)CC(=O)N2CC(C)CC(C)C2)sc2cc(C)ccc21. The van der Waals surface area contributed by atoms with Gasteiger partial charge in [0.25, 0.3) is 5.91 Å². The summed E-state index contributed by atoms with van der Waals surface area (Å²) in [5.41, 5.74) is 1.99. The van der Waals surface area contributed by atoms with E-state index in [9.17, 15) is 18.0 Å². The lowest BCUT2D eigenvalue weighted by atomic mass is 9.92. The predicted octanol–water partition coefficient (Wildman–Crippen LogP) is 2.00. The Balaban J connectivity index is 1.77. The summed E-state index contributed by atoms with van der Waals surface area (Å²) in [6, 6.07) is 5.93. The normalized spacial score (nSPS) is 20.1. The topological polar surface area (TPSA) is 98.0 Å². The molecule has 176 valence electrons. The molecule has 1 aliphatic heterocycles. The summed E-state index contributed by atoms with van der Waals surface area (Å²) < 4.78 is 33.1. The molecule has 32 heavy (non-hydrogen) atoms. The summed E-state index contributed by atoms with van der Waals surface area (Å²) in [4.78, 5) is 31.2. The van der Waals surface area contributed by atoms with Gasteiger partial charge in [-0.3, -0.25) is 9.59 Å². The van der Waals surface area contributed by atoms with E-state index in [2.05, 4.69) is 18.8 Å². The van der Waals surface area contributed by atoms with Crippen LogP contribution in [0.4, 0.5) is 0 Å². The zero-order valence-electron chi connectivity index (χ0n) is 19.0. The lowest BCUT2D eigenvalue weighted by Crippen LogP contribution is -2.45. The highest BCUT2D eigenvalue weighted by Crippen LogP contribution is 2.21. The first-order valence-electron chi connectivity index (χ1n) is 10.7. The highest BCUT2D eigenvalue weighted by molar-refractivity contribution is 7.92. The van der Waals surface area contributed by atoms with Crippen molar-refractivity contribution in [1.29, 1.82) is 0 Å². The molecule has 2 aromatic rings. The second-order valence-electron chi connectivity index (χ2n) is 8.78. The Bertz CT molecular complexity index is 1160. The Kier molecular flexibility index (Phi) is 7.89. The molecule has 2 amide bonds. The molecule has 0 saturated carbocycles. The molecule has 2 heterocycles. The first-order valence-corrected chi connectivity index (χ1v) is 13.4. The number of ether oxygens (including phenoxy) is 1. The second-order valence-corrected chi connectivity index (χ2v) is 11.9. The van der Waals surface area contributed by atoms with Gasteiger partial charge in [-0.25, -0.2) is 8.42 Å². The molecule has 0 radical (unpaired) electrons. The third-order valence-corrected chi connectivity index (χ3v) is 7.90. The van der Waals surface area contributed by atoms with E-state index in [0.717, 1.165) is 22.2 Å². The van der Waals surface area contributed by atoms with E-state index >= 15 is 0 Å². The number of aryl methyl sites for hydroxylation is 1. The summed E-state index contributed by atoms with van der Waals surface area (Å²) in [6.45, 7) is 8.11. The zero-order valence-corrected chi connectivity index (χ0v) is 20.7. The number of benzene rings is 1. The van der Waals surface area contributed by atoms with Gasteiger partial charge < -0.3 is 14.2 Å². The van der Waals surface area contributed by atoms with Crippen LogP contribution in [0.15, 0.2) is 23.2 Å². The smallest absolute Gasteiger partial charge is 0.263 e. The minimum absolute atomic E-state index is 0.334. The van der Waals surface area contributed by atoms with Gasteiger partial charge in [-0.1, -0.05) is 31.3 Å². The number of thiazole rings is 1. The third kappa shape index (κ3) is 6.26. The Morgan fingerprint density at radius 3 is 2.53 bits per heavy atom. The van der Waals surface area contributed by atoms with Crippen molar-refractivity contribution in [3.8, 4) is 0 Å². The first-order chi connectivity index (χ1) is 15.1. The molecular weight excluding hydrogens is 450 g/mol. The number of sulfone groups is 1. The van der Waals surface area contributed by atoms with Crippen molar-refractivity contribution >= 4 is 43.2 Å². The van der Waals surface area contributed by atoms with Crippen LogP contribution in [-0.4, -0.2) is 68.0 Å². The number of amides is 2. The fourth-order valence-electron chi connectivity index (χ4n) is 4.19. The standard InChI is InChI=1S/C22H31N3O5S2/c1-15-5-6-18-19(10-15)31-22(25(18)7-8-30-4)23-20(26)13-32(28,29)14-21(27)24-11-16(2)9-17(3)12-24/h5-6,10,16-17H,7-9,11-14H2,1-4H3. The molecule has 1 saturated heterocycles. The van der Waals surface area contributed by atoms with Crippen molar-refractivity contribution in [2.24, 2.45) is 16.8 Å². The summed E-state index contributed by atoms with van der Waals surface area (Å²) in [6.07, 6.45) is 1.02. The summed E-state index contributed by atoms with van der Waals surface area (Å²) in [5.74, 6) is -1.99. The predicted molar refractivity (Wildman–Crippen MR) is 125 cm³/mol. The highest BCUT2D eigenvalue weighted by atomic mass is 32.2. The monoisotopic (exact) mass is 481 g/mol. The van der Waals surface area contributed by atoms with Gasteiger partial charge >= 0.3 is 0 Å². The van der Waals surface area contributed by atoms with E-state index in [1.807, 2.05) is 29.7 Å². The van der Waals surface area contributed by atoms with Gasteiger partial charge in [0.05, 0.1) is 16.8 Å². The molecule has 10 heteroatoms. The van der Waals surface area contributed by atoms with Crippen LogP contribution >= 0.6 is 11.3 Å². The number of rotatable bonds is 7. The number of carbonyl (C=O) groups is 2. The van der Waals surface area contributed by atoms with E-state index in [0.29, 0.717) is 42.9 Å². The van der Waals surface area contributed by atoms with Crippen molar-refractivity contribution < 1.29 is 22.7 Å². The fourth-order valence-corrected chi connectivity index (χ4v) is 6.46. The van der Waals surface area contributed by atoms with E-state index in [4.69, 9.17) is 4.74 Å². The molecule has 1 aliphatic rings. The van der Waals surface area contributed by atoms with Crippen molar-refractivity contribution in [3.05, 3.63) is 28.6 Å². The largest absolute Gasteiger partial charge is 0.383 e. The van der Waals surface area contributed by atoms with Crippen LogP contribution in [0.1, 0.15) is 25.8 Å². The molecule has 2 unspecified atom stereocenters. The minimum Gasteiger partial charge on any atom is -0.383 e. The number of hydrogen-bond donors (Lipinski definition) is 0. The van der Waals surface area contributed by atoms with Crippen molar-refractivity contribution in [2.45, 2.75) is 33.7 Å². The van der Waals surface area contributed by atoms with Gasteiger partial charge in [0.1, 0.15) is 11.5 Å². The maximum atomic E-state index is 12.6. The van der Waals surface area contributed by atoms with Gasteiger partial charge in [-0.15, -0.1) is 0 Å². The molecule has 1 aromatic heterocycles. The molecule has 0 aliphatic carbocycles. The quantitative estimate of drug-likeness (QED) is 0.603. The zero-order chi connectivity index (χ0) is 23.5. The van der Waals surface area contributed by atoms with Crippen LogP contribution in [0.25, 0.3) is 10.2 Å². The van der Waals surface area contributed by atoms with Gasteiger partial charge in [0, 0.05) is 26.7 Å². The number of nitrogens with zero attached hydrogens (tertiary/aromatic N) is 3. The molecular formula is C22H31N3O5S2. The number of likely N-dealkylation sites (tertiary alicyclic amines) is 1. The van der Waals surface area contributed by atoms with Crippen molar-refractivity contribution in [2.75, 3.05) is 38.3 Å².